The molecule has 6 heteroatoms. The average Bonchev–Trinajstić information content (AvgIpc) is 2.91. The number of methoxy groups -OCH3 is 1. The van der Waals surface area contributed by atoms with Crippen LogP contribution in [-0.2, 0) is 16.6 Å². The summed E-state index contributed by atoms with van der Waals surface area (Å²) in [7, 11) is -1.81. The Morgan fingerprint density at radius 2 is 2.19 bits per heavy atom. The van der Waals surface area contributed by atoms with E-state index in [9.17, 15) is 8.42 Å². The van der Waals surface area contributed by atoms with E-state index in [0.29, 0.717) is 23.7 Å². The van der Waals surface area contributed by atoms with Crippen molar-refractivity contribution in [1.82, 2.24) is 9.62 Å². The van der Waals surface area contributed by atoms with Crippen LogP contribution in [0.1, 0.15) is 32.3 Å². The first-order valence-corrected chi connectivity index (χ1v) is 8.84. The van der Waals surface area contributed by atoms with Gasteiger partial charge < -0.3 is 10.1 Å². The number of ether oxygens (including phenoxy) is 1. The molecule has 21 heavy (non-hydrogen) atoms. The van der Waals surface area contributed by atoms with Crippen LogP contribution in [-0.4, -0.2) is 39.0 Å². The summed E-state index contributed by atoms with van der Waals surface area (Å²) < 4.78 is 32.4. The van der Waals surface area contributed by atoms with Gasteiger partial charge in [0.15, 0.2) is 0 Å². The highest BCUT2D eigenvalue weighted by Crippen LogP contribution is 2.28. The van der Waals surface area contributed by atoms with Gasteiger partial charge in [-0.05, 0) is 44.5 Å². The van der Waals surface area contributed by atoms with E-state index in [4.69, 9.17) is 4.74 Å². The van der Waals surface area contributed by atoms with E-state index in [1.165, 1.54) is 0 Å². The average molecular weight is 312 g/mol. The summed E-state index contributed by atoms with van der Waals surface area (Å²) in [6, 6.07) is 5.17. The Labute approximate surface area is 127 Å². The molecule has 0 aromatic heterocycles. The number of sulfonamides is 1. The van der Waals surface area contributed by atoms with Crippen LogP contribution in [0, 0.1) is 0 Å². The summed E-state index contributed by atoms with van der Waals surface area (Å²) in [6.07, 6.45) is 1.86. The predicted molar refractivity (Wildman–Crippen MR) is 83.0 cm³/mol. The molecule has 0 aliphatic carbocycles. The van der Waals surface area contributed by atoms with E-state index in [-0.39, 0.29) is 6.04 Å². The van der Waals surface area contributed by atoms with Crippen LogP contribution in [0.4, 0.5) is 0 Å². The van der Waals surface area contributed by atoms with E-state index >= 15 is 0 Å². The molecule has 1 aromatic rings. The molecule has 1 N–H and O–H groups in total. The fourth-order valence-corrected chi connectivity index (χ4v) is 4.46. The molecule has 1 aliphatic rings. The molecule has 1 fully saturated rings. The molecule has 0 bridgehead atoms. The molecule has 0 spiro atoms. The van der Waals surface area contributed by atoms with Crippen LogP contribution in [0.5, 0.6) is 5.75 Å². The maximum Gasteiger partial charge on any atom is 0.243 e. The third-order valence-corrected chi connectivity index (χ3v) is 5.93. The summed E-state index contributed by atoms with van der Waals surface area (Å²) in [5, 5.41) is 3.21. The van der Waals surface area contributed by atoms with E-state index < -0.39 is 10.0 Å². The van der Waals surface area contributed by atoms with Crippen molar-refractivity contribution < 1.29 is 13.2 Å². The van der Waals surface area contributed by atoms with Gasteiger partial charge in [0, 0.05) is 24.7 Å². The summed E-state index contributed by atoms with van der Waals surface area (Å²) >= 11 is 0. The van der Waals surface area contributed by atoms with Crippen molar-refractivity contribution >= 4 is 10.0 Å². The molecular weight excluding hydrogens is 288 g/mol. The second-order valence-electron chi connectivity index (χ2n) is 5.36. The van der Waals surface area contributed by atoms with Crippen molar-refractivity contribution in [2.24, 2.45) is 0 Å². The molecular formula is C15H24N2O3S. The molecule has 1 unspecified atom stereocenters. The van der Waals surface area contributed by atoms with E-state index in [0.717, 1.165) is 24.9 Å². The van der Waals surface area contributed by atoms with Crippen molar-refractivity contribution in [2.45, 2.75) is 44.2 Å². The Kier molecular flexibility index (Phi) is 5.24. The van der Waals surface area contributed by atoms with Gasteiger partial charge in [0.1, 0.15) is 5.75 Å². The molecule has 1 heterocycles. The Hall–Kier alpha value is -1.11. The van der Waals surface area contributed by atoms with E-state index in [1.54, 1.807) is 29.6 Å². The van der Waals surface area contributed by atoms with Crippen molar-refractivity contribution in [3.05, 3.63) is 23.8 Å². The lowest BCUT2D eigenvalue weighted by Gasteiger charge is -2.21. The van der Waals surface area contributed by atoms with Gasteiger partial charge in [-0.25, -0.2) is 8.42 Å². The fourth-order valence-electron chi connectivity index (χ4n) is 2.71. The van der Waals surface area contributed by atoms with Gasteiger partial charge >= 0.3 is 0 Å². The van der Waals surface area contributed by atoms with Gasteiger partial charge in [-0.1, -0.05) is 6.92 Å². The molecule has 5 nitrogen and oxygen atoms in total. The lowest BCUT2D eigenvalue weighted by molar-refractivity contribution is 0.404. The Bertz CT molecular complexity index is 587. The minimum atomic E-state index is -3.41. The van der Waals surface area contributed by atoms with Crippen LogP contribution < -0.4 is 10.1 Å². The lowest BCUT2D eigenvalue weighted by Crippen LogP contribution is -2.33. The Morgan fingerprint density at radius 1 is 1.43 bits per heavy atom. The van der Waals surface area contributed by atoms with Gasteiger partial charge in [-0.2, -0.15) is 4.31 Å². The van der Waals surface area contributed by atoms with Gasteiger partial charge in [0.25, 0.3) is 0 Å². The monoisotopic (exact) mass is 312 g/mol. The highest BCUT2D eigenvalue weighted by Gasteiger charge is 2.32. The van der Waals surface area contributed by atoms with Gasteiger partial charge in [0.05, 0.1) is 12.0 Å². The lowest BCUT2D eigenvalue weighted by atomic mass is 10.2. The van der Waals surface area contributed by atoms with Crippen molar-refractivity contribution in [3.63, 3.8) is 0 Å². The second kappa shape index (κ2) is 6.77. The second-order valence-corrected chi connectivity index (χ2v) is 7.25. The minimum absolute atomic E-state index is 0.0781. The predicted octanol–water partition coefficient (Wildman–Crippen LogP) is 1.98. The third kappa shape index (κ3) is 3.39. The molecule has 0 amide bonds. The van der Waals surface area contributed by atoms with Gasteiger partial charge in [0.2, 0.25) is 10.0 Å². The first-order chi connectivity index (χ1) is 10.0. The highest BCUT2D eigenvalue weighted by molar-refractivity contribution is 7.89. The quantitative estimate of drug-likeness (QED) is 0.872. The normalized spacial score (nSPS) is 19.9. The molecule has 0 saturated carbocycles. The largest absolute Gasteiger partial charge is 0.496 e. The molecule has 1 saturated heterocycles. The molecule has 2 rings (SSSR count). The summed E-state index contributed by atoms with van der Waals surface area (Å²) in [6.45, 7) is 6.01. The summed E-state index contributed by atoms with van der Waals surface area (Å²) in [5.41, 5.74) is 0.868. The maximum atomic E-state index is 12.7. The topological polar surface area (TPSA) is 58.6 Å². The molecule has 1 aliphatic heterocycles. The standard InChI is InChI=1S/C15H24N2O3S/c1-4-16-11-13-10-14(7-8-15(13)20-3)21(18,19)17-9-5-6-12(17)2/h7-8,10,12,16H,4-6,9,11H2,1-3H3. The number of nitrogens with one attached hydrogen (secondary N) is 1. The van der Waals surface area contributed by atoms with Crippen molar-refractivity contribution in [1.29, 1.82) is 0 Å². The van der Waals surface area contributed by atoms with Crippen LogP contribution in [0.3, 0.4) is 0 Å². The van der Waals surface area contributed by atoms with Crippen LogP contribution in [0.2, 0.25) is 0 Å². The Balaban J connectivity index is 2.34. The first kappa shape index (κ1) is 16.3. The zero-order valence-electron chi connectivity index (χ0n) is 12.9. The number of nitrogens with zero attached hydrogens (tertiary/aromatic N) is 1. The molecule has 0 radical (unpaired) electrons. The van der Waals surface area contributed by atoms with Crippen LogP contribution in [0.15, 0.2) is 23.1 Å². The SMILES string of the molecule is CCNCc1cc(S(=O)(=O)N2CCCC2C)ccc1OC. The summed E-state index contributed by atoms with van der Waals surface area (Å²) in [5.74, 6) is 0.712. The fraction of sp³-hybridized carbons (Fsp3) is 0.600. The molecule has 1 aromatic carbocycles. The zero-order valence-corrected chi connectivity index (χ0v) is 13.7. The third-order valence-electron chi connectivity index (χ3n) is 3.92. The maximum absolute atomic E-state index is 12.7. The van der Waals surface area contributed by atoms with Gasteiger partial charge in [-0.3, -0.25) is 0 Å². The highest BCUT2D eigenvalue weighted by atomic mass is 32.2. The first-order valence-electron chi connectivity index (χ1n) is 7.40. The van der Waals surface area contributed by atoms with Crippen molar-refractivity contribution in [3.8, 4) is 5.75 Å². The smallest absolute Gasteiger partial charge is 0.243 e. The number of rotatable bonds is 6. The van der Waals surface area contributed by atoms with E-state index in [1.807, 2.05) is 13.8 Å². The minimum Gasteiger partial charge on any atom is -0.496 e. The number of hydrogen-bond acceptors (Lipinski definition) is 4. The zero-order chi connectivity index (χ0) is 15.5. The number of benzene rings is 1. The van der Waals surface area contributed by atoms with Crippen LogP contribution in [0.25, 0.3) is 0 Å². The van der Waals surface area contributed by atoms with Crippen molar-refractivity contribution in [2.75, 3.05) is 20.2 Å². The Morgan fingerprint density at radius 3 is 2.76 bits per heavy atom. The molecule has 118 valence electrons. The number of hydrogen-bond donors (Lipinski definition) is 1. The van der Waals surface area contributed by atoms with E-state index in [2.05, 4.69) is 5.32 Å². The van der Waals surface area contributed by atoms with Gasteiger partial charge in [-0.15, -0.1) is 0 Å². The van der Waals surface area contributed by atoms with Crippen LogP contribution >= 0.6 is 0 Å². The molecule has 1 atom stereocenters. The summed E-state index contributed by atoms with van der Waals surface area (Å²) in [4.78, 5) is 0.352.